The molecule has 1 aromatic heterocycles. The third-order valence-corrected chi connectivity index (χ3v) is 3.98. The van der Waals surface area contributed by atoms with E-state index >= 15 is 0 Å². The van der Waals surface area contributed by atoms with Gasteiger partial charge in [-0.05, 0) is 36.8 Å². The molecule has 0 spiro atoms. The minimum absolute atomic E-state index is 0.230. The molecular formula is C13H17NO2. The van der Waals surface area contributed by atoms with E-state index < -0.39 is 0 Å². The zero-order valence-corrected chi connectivity index (χ0v) is 9.32. The molecule has 3 heteroatoms. The van der Waals surface area contributed by atoms with Crippen LogP contribution in [-0.2, 0) is 11.3 Å². The molecular weight excluding hydrogens is 202 g/mol. The predicted octanol–water partition coefficient (Wildman–Crippen LogP) is 2.33. The van der Waals surface area contributed by atoms with E-state index in [1.807, 2.05) is 12.1 Å². The summed E-state index contributed by atoms with van der Waals surface area (Å²) in [5.74, 6) is 2.73. The van der Waals surface area contributed by atoms with Crippen molar-refractivity contribution in [3.63, 3.8) is 0 Å². The average molecular weight is 219 g/mol. The van der Waals surface area contributed by atoms with Crippen molar-refractivity contribution in [1.29, 1.82) is 0 Å². The van der Waals surface area contributed by atoms with Gasteiger partial charge < -0.3 is 9.73 Å². The Morgan fingerprint density at radius 2 is 2.12 bits per heavy atom. The van der Waals surface area contributed by atoms with Gasteiger partial charge in [0.2, 0.25) is 5.91 Å². The van der Waals surface area contributed by atoms with Crippen molar-refractivity contribution in [3.05, 3.63) is 24.2 Å². The number of fused-ring (bicyclic) bond motifs is 1. The topological polar surface area (TPSA) is 42.2 Å². The lowest BCUT2D eigenvalue weighted by atomic mass is 10.0. The van der Waals surface area contributed by atoms with E-state index in [1.165, 1.54) is 25.7 Å². The molecule has 2 aliphatic rings. The molecule has 2 aliphatic carbocycles. The summed E-state index contributed by atoms with van der Waals surface area (Å²) in [6, 6.07) is 3.73. The van der Waals surface area contributed by atoms with Crippen LogP contribution in [0.3, 0.4) is 0 Å². The van der Waals surface area contributed by atoms with Crippen LogP contribution >= 0.6 is 0 Å². The lowest BCUT2D eigenvalue weighted by Crippen LogP contribution is -2.25. The summed E-state index contributed by atoms with van der Waals surface area (Å²) in [6.07, 6.45) is 6.76. The number of carbonyl (C=O) groups is 1. The first-order valence-corrected chi connectivity index (χ1v) is 6.16. The SMILES string of the molecule is O=C(NCc1ccco1)C1C2CCCCC21. The molecule has 2 fully saturated rings. The maximum absolute atomic E-state index is 11.9. The van der Waals surface area contributed by atoms with E-state index in [9.17, 15) is 4.79 Å². The van der Waals surface area contributed by atoms with E-state index in [1.54, 1.807) is 6.26 Å². The van der Waals surface area contributed by atoms with Crippen molar-refractivity contribution >= 4 is 5.91 Å². The molecule has 1 aromatic rings. The van der Waals surface area contributed by atoms with Gasteiger partial charge in [-0.2, -0.15) is 0 Å². The zero-order chi connectivity index (χ0) is 11.0. The fourth-order valence-corrected chi connectivity index (χ4v) is 3.09. The van der Waals surface area contributed by atoms with Crippen molar-refractivity contribution in [1.82, 2.24) is 5.32 Å². The highest BCUT2D eigenvalue weighted by Crippen LogP contribution is 2.55. The highest BCUT2D eigenvalue weighted by molar-refractivity contribution is 5.82. The number of carbonyl (C=O) groups excluding carboxylic acids is 1. The molecule has 2 unspecified atom stereocenters. The number of furan rings is 1. The summed E-state index contributed by atoms with van der Waals surface area (Å²) in [5.41, 5.74) is 0. The first kappa shape index (κ1) is 9.94. The van der Waals surface area contributed by atoms with Crippen molar-refractivity contribution < 1.29 is 9.21 Å². The van der Waals surface area contributed by atoms with Crippen molar-refractivity contribution in [3.8, 4) is 0 Å². The van der Waals surface area contributed by atoms with Crippen LogP contribution < -0.4 is 5.32 Å². The van der Waals surface area contributed by atoms with Crippen LogP contribution in [0.2, 0.25) is 0 Å². The predicted molar refractivity (Wildman–Crippen MR) is 59.5 cm³/mol. The van der Waals surface area contributed by atoms with E-state index in [4.69, 9.17) is 4.42 Å². The lowest BCUT2D eigenvalue weighted by molar-refractivity contribution is -0.123. The van der Waals surface area contributed by atoms with Gasteiger partial charge in [-0.1, -0.05) is 12.8 Å². The minimum Gasteiger partial charge on any atom is -0.467 e. The summed E-state index contributed by atoms with van der Waals surface area (Å²) in [5, 5.41) is 2.97. The zero-order valence-electron chi connectivity index (χ0n) is 9.32. The number of amides is 1. The maximum atomic E-state index is 11.9. The Hall–Kier alpha value is -1.25. The van der Waals surface area contributed by atoms with E-state index in [0.717, 1.165) is 5.76 Å². The summed E-state index contributed by atoms with van der Waals surface area (Å²) in [6.45, 7) is 0.530. The van der Waals surface area contributed by atoms with Crippen LogP contribution in [0.15, 0.2) is 22.8 Å². The molecule has 86 valence electrons. The average Bonchev–Trinajstić information content (AvgIpc) is 2.80. The van der Waals surface area contributed by atoms with Gasteiger partial charge in [0.25, 0.3) is 0 Å². The summed E-state index contributed by atoms with van der Waals surface area (Å²) >= 11 is 0. The molecule has 3 nitrogen and oxygen atoms in total. The molecule has 0 saturated heterocycles. The molecule has 0 aromatic carbocycles. The van der Waals surface area contributed by atoms with E-state index in [-0.39, 0.29) is 5.91 Å². The first-order chi connectivity index (χ1) is 7.86. The minimum atomic E-state index is 0.230. The highest BCUT2D eigenvalue weighted by Gasteiger charge is 2.54. The van der Waals surface area contributed by atoms with Crippen molar-refractivity contribution in [2.75, 3.05) is 0 Å². The fraction of sp³-hybridized carbons (Fsp3) is 0.615. The van der Waals surface area contributed by atoms with Gasteiger partial charge in [0.1, 0.15) is 5.76 Å². The fourth-order valence-electron chi connectivity index (χ4n) is 3.09. The summed E-state index contributed by atoms with van der Waals surface area (Å²) < 4.78 is 5.19. The molecule has 1 N–H and O–H groups in total. The Bertz CT molecular complexity index is 359. The molecule has 0 radical (unpaired) electrons. The standard InChI is InChI=1S/C13H17NO2/c15-13(14-8-9-4-3-7-16-9)12-10-5-1-2-6-11(10)12/h3-4,7,10-12H,1-2,5-6,8H2,(H,14,15). The maximum Gasteiger partial charge on any atom is 0.224 e. The van der Waals surface area contributed by atoms with Gasteiger partial charge in [-0.15, -0.1) is 0 Å². The van der Waals surface area contributed by atoms with E-state index in [2.05, 4.69) is 5.32 Å². The number of hydrogen-bond acceptors (Lipinski definition) is 2. The monoisotopic (exact) mass is 219 g/mol. The molecule has 0 bridgehead atoms. The molecule has 3 rings (SSSR count). The Morgan fingerprint density at radius 3 is 2.75 bits per heavy atom. The second-order valence-electron chi connectivity index (χ2n) is 4.94. The molecule has 1 heterocycles. The summed E-state index contributed by atoms with van der Waals surface area (Å²) in [7, 11) is 0. The first-order valence-electron chi connectivity index (χ1n) is 6.16. The third kappa shape index (κ3) is 1.75. The van der Waals surface area contributed by atoms with Gasteiger partial charge >= 0.3 is 0 Å². The van der Waals surface area contributed by atoms with Crippen LogP contribution in [0.1, 0.15) is 31.4 Å². The van der Waals surface area contributed by atoms with Gasteiger partial charge in [0.15, 0.2) is 0 Å². The Balaban J connectivity index is 1.51. The highest BCUT2D eigenvalue weighted by atomic mass is 16.3. The smallest absolute Gasteiger partial charge is 0.224 e. The van der Waals surface area contributed by atoms with Gasteiger partial charge in [-0.25, -0.2) is 0 Å². The lowest BCUT2D eigenvalue weighted by Gasteiger charge is -2.04. The number of rotatable bonds is 3. The normalized spacial score (nSPS) is 31.9. The quantitative estimate of drug-likeness (QED) is 0.847. The Morgan fingerprint density at radius 1 is 1.38 bits per heavy atom. The van der Waals surface area contributed by atoms with Crippen LogP contribution in [0.4, 0.5) is 0 Å². The van der Waals surface area contributed by atoms with Gasteiger partial charge in [-0.3, -0.25) is 4.79 Å². The van der Waals surface area contributed by atoms with Gasteiger partial charge in [0, 0.05) is 5.92 Å². The second-order valence-corrected chi connectivity index (χ2v) is 4.94. The Labute approximate surface area is 95.2 Å². The van der Waals surface area contributed by atoms with Crippen LogP contribution in [0, 0.1) is 17.8 Å². The van der Waals surface area contributed by atoms with Crippen LogP contribution in [0.25, 0.3) is 0 Å². The van der Waals surface area contributed by atoms with Crippen molar-refractivity contribution in [2.24, 2.45) is 17.8 Å². The van der Waals surface area contributed by atoms with E-state index in [0.29, 0.717) is 24.3 Å². The largest absolute Gasteiger partial charge is 0.467 e. The van der Waals surface area contributed by atoms with Crippen molar-refractivity contribution in [2.45, 2.75) is 32.2 Å². The molecule has 16 heavy (non-hydrogen) atoms. The number of hydrogen-bond donors (Lipinski definition) is 1. The van der Waals surface area contributed by atoms with Crippen LogP contribution in [-0.4, -0.2) is 5.91 Å². The summed E-state index contributed by atoms with van der Waals surface area (Å²) in [4.78, 5) is 11.9. The second kappa shape index (κ2) is 3.96. The van der Waals surface area contributed by atoms with Gasteiger partial charge in [0.05, 0.1) is 12.8 Å². The number of nitrogens with one attached hydrogen (secondary N) is 1. The molecule has 0 aliphatic heterocycles. The Kier molecular flexibility index (Phi) is 2.46. The molecule has 1 amide bonds. The molecule has 2 saturated carbocycles. The third-order valence-electron chi connectivity index (χ3n) is 3.98. The molecule has 2 atom stereocenters. The van der Waals surface area contributed by atoms with Crippen LogP contribution in [0.5, 0.6) is 0 Å².